The molecule has 2 aromatic carbocycles. The van der Waals surface area contributed by atoms with Crippen molar-refractivity contribution < 1.29 is 4.74 Å². The van der Waals surface area contributed by atoms with E-state index in [0.29, 0.717) is 6.04 Å². The number of benzene rings is 2. The first-order valence-electron chi connectivity index (χ1n) is 7.80. The molecule has 120 valence electrons. The molecule has 1 fully saturated rings. The van der Waals surface area contributed by atoms with Crippen LogP contribution in [0.5, 0.6) is 5.75 Å². The Morgan fingerprint density at radius 3 is 2.78 bits per heavy atom. The average molecular weight is 308 g/mol. The van der Waals surface area contributed by atoms with E-state index in [9.17, 15) is 0 Å². The van der Waals surface area contributed by atoms with Gasteiger partial charge >= 0.3 is 0 Å². The van der Waals surface area contributed by atoms with Crippen molar-refractivity contribution in [2.75, 3.05) is 13.7 Å². The molecule has 0 amide bonds. The Bertz CT molecular complexity index is 807. The zero-order valence-corrected chi connectivity index (χ0v) is 13.1. The van der Waals surface area contributed by atoms with Crippen LogP contribution in [-0.4, -0.2) is 30.8 Å². The molecule has 2 aliphatic rings. The lowest BCUT2D eigenvalue weighted by Gasteiger charge is -2.24. The van der Waals surface area contributed by atoms with E-state index < -0.39 is 0 Å². The van der Waals surface area contributed by atoms with Gasteiger partial charge in [-0.1, -0.05) is 14.0 Å². The number of aliphatic imine (C=N–C) groups is 1. The van der Waals surface area contributed by atoms with Gasteiger partial charge in [0.1, 0.15) is 5.75 Å². The number of methoxy groups -OCH3 is 1. The molecule has 0 saturated carbocycles. The number of fused-ring (bicyclic) bond motifs is 3. The normalized spacial score (nSPS) is 19.1. The molecule has 0 bridgehead atoms. The Hall–Kier alpha value is -2.29. The van der Waals surface area contributed by atoms with Gasteiger partial charge in [-0.15, -0.1) is 0 Å². The van der Waals surface area contributed by atoms with Gasteiger partial charge in [-0.05, 0) is 60.4 Å². The number of rotatable bonds is 1. The maximum atomic E-state index is 5.44. The van der Waals surface area contributed by atoms with Crippen LogP contribution < -0.4 is 4.74 Å². The maximum absolute atomic E-state index is 5.44. The van der Waals surface area contributed by atoms with E-state index in [-0.39, 0.29) is 7.43 Å². The van der Waals surface area contributed by atoms with E-state index in [0.717, 1.165) is 40.2 Å². The highest BCUT2D eigenvalue weighted by Crippen LogP contribution is 2.38. The summed E-state index contributed by atoms with van der Waals surface area (Å²) in [6.07, 6.45) is 4.47. The molecule has 0 spiro atoms. The van der Waals surface area contributed by atoms with Gasteiger partial charge in [0.05, 0.1) is 18.8 Å². The van der Waals surface area contributed by atoms with Gasteiger partial charge in [0.2, 0.25) is 0 Å². The molecule has 1 saturated heterocycles. The molecule has 2 heterocycles. The summed E-state index contributed by atoms with van der Waals surface area (Å²) >= 11 is 0. The Kier molecular flexibility index (Phi) is 3.88. The van der Waals surface area contributed by atoms with Gasteiger partial charge in [0.25, 0.3) is 0 Å². The van der Waals surface area contributed by atoms with Crippen molar-refractivity contribution in [1.29, 1.82) is 0 Å². The molecule has 0 aliphatic carbocycles. The first-order valence-corrected chi connectivity index (χ1v) is 7.80. The summed E-state index contributed by atoms with van der Waals surface area (Å²) in [4.78, 5) is 7.13. The van der Waals surface area contributed by atoms with Gasteiger partial charge in [-0.2, -0.15) is 0 Å². The molecule has 1 unspecified atom stereocenters. The van der Waals surface area contributed by atoms with Crippen molar-refractivity contribution in [2.45, 2.75) is 33.2 Å². The van der Waals surface area contributed by atoms with Crippen LogP contribution in [0.1, 0.15) is 31.4 Å². The third-order valence-corrected chi connectivity index (χ3v) is 4.81. The molecular formula is C20H24N2O. The average Bonchev–Trinajstić information content (AvgIpc) is 2.95. The highest BCUT2D eigenvalue weighted by molar-refractivity contribution is 5.94. The largest absolute Gasteiger partial charge is 0.496 e. The Labute approximate surface area is 138 Å². The number of hydrogen-bond donors (Lipinski definition) is 0. The lowest BCUT2D eigenvalue weighted by molar-refractivity contribution is 0.412. The molecule has 2 aliphatic heterocycles. The molecule has 0 N–H and O–H groups in total. The summed E-state index contributed by atoms with van der Waals surface area (Å²) in [5.41, 5.74) is 4.41. The van der Waals surface area contributed by atoms with E-state index in [1.54, 1.807) is 7.11 Å². The molecule has 3 nitrogen and oxygen atoms in total. The van der Waals surface area contributed by atoms with E-state index >= 15 is 0 Å². The van der Waals surface area contributed by atoms with E-state index in [1.807, 2.05) is 0 Å². The van der Waals surface area contributed by atoms with E-state index in [2.05, 4.69) is 48.9 Å². The summed E-state index contributed by atoms with van der Waals surface area (Å²) < 4.78 is 5.44. The van der Waals surface area contributed by atoms with Gasteiger partial charge < -0.3 is 9.64 Å². The molecule has 0 aromatic heterocycles. The van der Waals surface area contributed by atoms with Crippen LogP contribution in [0.3, 0.4) is 0 Å². The quantitative estimate of drug-likeness (QED) is 0.745. The minimum atomic E-state index is 0. The van der Waals surface area contributed by atoms with Crippen molar-refractivity contribution in [3.8, 4) is 5.75 Å². The summed E-state index contributed by atoms with van der Waals surface area (Å²) in [7, 11) is 1.71. The van der Waals surface area contributed by atoms with Crippen LogP contribution in [0, 0.1) is 6.92 Å². The fourth-order valence-corrected chi connectivity index (χ4v) is 3.59. The number of nitrogens with zero attached hydrogens (tertiary/aromatic N) is 2. The first kappa shape index (κ1) is 15.6. The zero-order valence-electron chi connectivity index (χ0n) is 13.1. The molecule has 23 heavy (non-hydrogen) atoms. The summed E-state index contributed by atoms with van der Waals surface area (Å²) in [6, 6.07) is 9.04. The summed E-state index contributed by atoms with van der Waals surface area (Å²) in [6.45, 7) is 7.50. The van der Waals surface area contributed by atoms with Gasteiger partial charge in [-0.25, -0.2) is 0 Å². The van der Waals surface area contributed by atoms with Crippen LogP contribution in [0.4, 0.5) is 5.69 Å². The van der Waals surface area contributed by atoms with Gasteiger partial charge in [-0.3, -0.25) is 4.99 Å². The second-order valence-electron chi connectivity index (χ2n) is 6.17. The van der Waals surface area contributed by atoms with Crippen molar-refractivity contribution in [1.82, 2.24) is 4.90 Å². The standard InChI is InChI=1S/C19H20N2O.CH4/c1-12-7-14-8-17-13(2)21-6-4-5-16(21)11-20-18(17)9-15(14)10-19(12)22-3;/h7-11,16H,2,4-6H2,1,3H3;1H4. The Morgan fingerprint density at radius 2 is 2.00 bits per heavy atom. The van der Waals surface area contributed by atoms with E-state index in [1.165, 1.54) is 18.2 Å². The van der Waals surface area contributed by atoms with Crippen molar-refractivity contribution in [2.24, 2.45) is 4.99 Å². The van der Waals surface area contributed by atoms with Crippen LogP contribution in [-0.2, 0) is 0 Å². The molecule has 3 heteroatoms. The van der Waals surface area contributed by atoms with Gasteiger partial charge in [0.15, 0.2) is 0 Å². The number of ether oxygens (including phenoxy) is 1. The lowest BCUT2D eigenvalue weighted by Crippen LogP contribution is -2.27. The predicted octanol–water partition coefficient (Wildman–Crippen LogP) is 4.94. The van der Waals surface area contributed by atoms with Crippen LogP contribution in [0.25, 0.3) is 16.5 Å². The zero-order chi connectivity index (χ0) is 15.3. The Morgan fingerprint density at radius 1 is 1.22 bits per heavy atom. The molecule has 0 radical (unpaired) electrons. The second-order valence-corrected chi connectivity index (χ2v) is 6.17. The van der Waals surface area contributed by atoms with Gasteiger partial charge in [0, 0.05) is 24.0 Å². The number of aryl methyl sites for hydroxylation is 1. The third-order valence-electron chi connectivity index (χ3n) is 4.81. The second kappa shape index (κ2) is 5.73. The lowest BCUT2D eigenvalue weighted by atomic mass is 10.0. The highest BCUT2D eigenvalue weighted by Gasteiger charge is 2.28. The monoisotopic (exact) mass is 308 g/mol. The van der Waals surface area contributed by atoms with Crippen LogP contribution >= 0.6 is 0 Å². The first-order chi connectivity index (χ1) is 10.7. The fraction of sp³-hybridized carbons (Fsp3) is 0.350. The van der Waals surface area contributed by atoms with E-state index in [4.69, 9.17) is 9.73 Å². The smallest absolute Gasteiger partial charge is 0.122 e. The van der Waals surface area contributed by atoms with Crippen LogP contribution in [0.2, 0.25) is 0 Å². The summed E-state index contributed by atoms with van der Waals surface area (Å²) in [5.74, 6) is 0.921. The Balaban J connectivity index is 0.00000156. The minimum absolute atomic E-state index is 0. The highest BCUT2D eigenvalue weighted by atomic mass is 16.5. The summed E-state index contributed by atoms with van der Waals surface area (Å²) in [5, 5.41) is 2.37. The predicted molar refractivity (Wildman–Crippen MR) is 98.9 cm³/mol. The maximum Gasteiger partial charge on any atom is 0.122 e. The minimum Gasteiger partial charge on any atom is -0.496 e. The molecule has 1 atom stereocenters. The van der Waals surface area contributed by atoms with Crippen molar-refractivity contribution in [3.63, 3.8) is 0 Å². The topological polar surface area (TPSA) is 24.8 Å². The molecule has 4 rings (SSSR count). The molecular weight excluding hydrogens is 284 g/mol. The molecule has 2 aromatic rings. The SMILES string of the molecule is C.C=C1c2cc3cc(C)c(OC)cc3cc2N=CC2CCCN12. The number of hydrogen-bond acceptors (Lipinski definition) is 3. The fourth-order valence-electron chi connectivity index (χ4n) is 3.59. The third kappa shape index (κ3) is 2.40. The van der Waals surface area contributed by atoms with Crippen molar-refractivity contribution >= 4 is 28.4 Å². The van der Waals surface area contributed by atoms with Crippen molar-refractivity contribution in [3.05, 3.63) is 42.0 Å². The van der Waals surface area contributed by atoms with Crippen LogP contribution in [0.15, 0.2) is 35.8 Å².